The normalized spacial score (nSPS) is 13.1. The Labute approximate surface area is 168 Å². The molecule has 0 saturated heterocycles. The van der Waals surface area contributed by atoms with Crippen molar-refractivity contribution in [2.45, 2.75) is 123 Å². The van der Waals surface area contributed by atoms with Gasteiger partial charge < -0.3 is 15.2 Å². The first-order valence-corrected chi connectivity index (χ1v) is 11.1. The van der Waals surface area contributed by atoms with E-state index in [1.165, 1.54) is 70.6 Å². The van der Waals surface area contributed by atoms with Gasteiger partial charge in [0.15, 0.2) is 0 Å². The number of alkyl carbamates (subject to hydrolysis) is 1. The first kappa shape index (κ1) is 26.0. The molecule has 0 fully saturated rings. The minimum absolute atomic E-state index is 0.0813. The second-order valence-electron chi connectivity index (χ2n) is 8.56. The average Bonchev–Trinajstić information content (AvgIpc) is 2.59. The first-order valence-electron chi connectivity index (χ1n) is 11.1. The van der Waals surface area contributed by atoms with Gasteiger partial charge in [0.25, 0.3) is 0 Å². The zero-order chi connectivity index (χ0) is 20.4. The highest BCUT2D eigenvalue weighted by molar-refractivity contribution is 5.68. The summed E-state index contributed by atoms with van der Waals surface area (Å²) < 4.78 is 5.21. The molecule has 0 bridgehead atoms. The highest BCUT2D eigenvalue weighted by Gasteiger charge is 2.18. The van der Waals surface area contributed by atoms with Crippen LogP contribution in [0.5, 0.6) is 0 Å². The predicted molar refractivity (Wildman–Crippen MR) is 115 cm³/mol. The number of hydrogen-bond donors (Lipinski definition) is 2. The summed E-state index contributed by atoms with van der Waals surface area (Å²) in [6.07, 6.45) is 20.4. The lowest BCUT2D eigenvalue weighted by Crippen LogP contribution is -2.40. The summed E-state index contributed by atoms with van der Waals surface area (Å²) in [5, 5.41) is 12.1. The molecule has 0 unspecified atom stereocenters. The van der Waals surface area contributed by atoms with Gasteiger partial charge in [0.05, 0.1) is 12.6 Å². The van der Waals surface area contributed by atoms with E-state index >= 15 is 0 Å². The molecule has 0 aromatic rings. The third kappa shape index (κ3) is 19.5. The van der Waals surface area contributed by atoms with E-state index in [1.807, 2.05) is 20.8 Å². The summed E-state index contributed by atoms with van der Waals surface area (Å²) in [7, 11) is 0. The quantitative estimate of drug-likeness (QED) is 0.236. The van der Waals surface area contributed by atoms with Crippen molar-refractivity contribution in [3.63, 3.8) is 0 Å². The molecule has 1 atom stereocenters. The molecule has 0 aliphatic carbocycles. The highest BCUT2D eigenvalue weighted by atomic mass is 16.6. The van der Waals surface area contributed by atoms with Crippen LogP contribution in [0.15, 0.2) is 12.2 Å². The lowest BCUT2D eigenvalue weighted by atomic mass is 10.1. The molecule has 0 aliphatic rings. The number of carbonyl (C=O) groups excluding carboxylic acids is 1. The molecule has 2 N–H and O–H groups in total. The monoisotopic (exact) mass is 383 g/mol. The van der Waals surface area contributed by atoms with Crippen LogP contribution in [0, 0.1) is 0 Å². The smallest absolute Gasteiger partial charge is 0.407 e. The molecule has 0 saturated carbocycles. The summed E-state index contributed by atoms with van der Waals surface area (Å²) in [6.45, 7) is 7.67. The number of amides is 1. The number of unbranched alkanes of at least 4 members (excludes halogenated alkanes) is 11. The van der Waals surface area contributed by atoms with E-state index in [2.05, 4.69) is 24.4 Å². The van der Waals surface area contributed by atoms with E-state index < -0.39 is 11.7 Å². The molecule has 27 heavy (non-hydrogen) atoms. The topological polar surface area (TPSA) is 58.6 Å². The molecule has 0 rings (SSSR count). The first-order chi connectivity index (χ1) is 12.9. The van der Waals surface area contributed by atoms with Crippen LogP contribution < -0.4 is 5.32 Å². The Balaban J connectivity index is 3.55. The number of rotatable bonds is 16. The Morgan fingerprint density at radius 1 is 0.926 bits per heavy atom. The Kier molecular flexibility index (Phi) is 16.4. The lowest BCUT2D eigenvalue weighted by molar-refractivity contribution is 0.0483. The minimum Gasteiger partial charge on any atom is -0.444 e. The Morgan fingerprint density at radius 2 is 1.44 bits per heavy atom. The second-order valence-corrected chi connectivity index (χ2v) is 8.56. The predicted octanol–water partition coefficient (Wildman–Crippen LogP) is 6.52. The van der Waals surface area contributed by atoms with Crippen molar-refractivity contribution >= 4 is 6.09 Å². The SMILES string of the molecule is CCCCCCCCCCCCC/C=C/C[C@@H](CO)NC(=O)OC(C)(C)C. The summed E-state index contributed by atoms with van der Waals surface area (Å²) >= 11 is 0. The van der Waals surface area contributed by atoms with Gasteiger partial charge in [-0.2, -0.15) is 0 Å². The molecule has 4 nitrogen and oxygen atoms in total. The zero-order valence-corrected chi connectivity index (χ0v) is 18.4. The van der Waals surface area contributed by atoms with Gasteiger partial charge in [-0.15, -0.1) is 0 Å². The third-order valence-electron chi connectivity index (χ3n) is 4.50. The average molecular weight is 384 g/mol. The summed E-state index contributed by atoms with van der Waals surface area (Å²) in [4.78, 5) is 11.7. The van der Waals surface area contributed by atoms with Crippen LogP contribution in [0.3, 0.4) is 0 Å². The molecule has 4 heteroatoms. The molecule has 0 aromatic carbocycles. The number of nitrogens with one attached hydrogen (secondary N) is 1. The van der Waals surface area contributed by atoms with Crippen LogP contribution in [0.4, 0.5) is 4.79 Å². The van der Waals surface area contributed by atoms with Crippen molar-refractivity contribution < 1.29 is 14.6 Å². The highest BCUT2D eigenvalue weighted by Crippen LogP contribution is 2.12. The maximum atomic E-state index is 11.7. The molecule has 0 aliphatic heterocycles. The molecule has 0 aromatic heterocycles. The van der Waals surface area contributed by atoms with E-state index in [9.17, 15) is 9.90 Å². The molecule has 0 spiro atoms. The van der Waals surface area contributed by atoms with Crippen molar-refractivity contribution in [2.24, 2.45) is 0 Å². The van der Waals surface area contributed by atoms with Crippen molar-refractivity contribution in [3.8, 4) is 0 Å². The fourth-order valence-electron chi connectivity index (χ4n) is 2.96. The maximum absolute atomic E-state index is 11.7. The summed E-state index contributed by atoms with van der Waals surface area (Å²) in [6, 6.07) is -0.284. The van der Waals surface area contributed by atoms with E-state index in [0.29, 0.717) is 6.42 Å². The summed E-state index contributed by atoms with van der Waals surface area (Å²) in [5.41, 5.74) is -0.519. The molecule has 160 valence electrons. The van der Waals surface area contributed by atoms with Crippen LogP contribution >= 0.6 is 0 Å². The van der Waals surface area contributed by atoms with Crippen molar-refractivity contribution in [2.75, 3.05) is 6.61 Å². The van der Waals surface area contributed by atoms with Crippen molar-refractivity contribution in [1.82, 2.24) is 5.32 Å². The molecule has 0 heterocycles. The number of carbonyl (C=O) groups is 1. The number of ether oxygens (including phenoxy) is 1. The Hall–Kier alpha value is -1.03. The van der Waals surface area contributed by atoms with E-state index in [0.717, 1.165) is 6.42 Å². The fourth-order valence-corrected chi connectivity index (χ4v) is 2.96. The van der Waals surface area contributed by atoms with Crippen molar-refractivity contribution in [3.05, 3.63) is 12.2 Å². The molecule has 1 amide bonds. The van der Waals surface area contributed by atoms with Gasteiger partial charge in [-0.1, -0.05) is 83.3 Å². The van der Waals surface area contributed by atoms with E-state index in [4.69, 9.17) is 4.74 Å². The molecule has 0 radical (unpaired) electrons. The number of allylic oxidation sites excluding steroid dienone is 1. The van der Waals surface area contributed by atoms with E-state index in [-0.39, 0.29) is 12.6 Å². The van der Waals surface area contributed by atoms with Gasteiger partial charge in [-0.05, 0) is 40.0 Å². The number of hydrogen-bond acceptors (Lipinski definition) is 3. The van der Waals surface area contributed by atoms with Crippen LogP contribution in [0.2, 0.25) is 0 Å². The summed E-state index contributed by atoms with van der Waals surface area (Å²) in [5.74, 6) is 0. The van der Waals surface area contributed by atoms with Crippen LogP contribution in [-0.4, -0.2) is 29.4 Å². The zero-order valence-electron chi connectivity index (χ0n) is 18.4. The number of aliphatic hydroxyl groups is 1. The Morgan fingerprint density at radius 3 is 1.93 bits per heavy atom. The van der Waals surface area contributed by atoms with E-state index in [1.54, 1.807) is 0 Å². The van der Waals surface area contributed by atoms with Crippen LogP contribution in [0.1, 0.15) is 111 Å². The standard InChI is InChI=1S/C23H45NO3/c1-5-6-7-8-9-10-11-12-13-14-15-16-17-18-19-21(20-25)24-22(26)27-23(2,3)4/h17-18,21,25H,5-16,19-20H2,1-4H3,(H,24,26)/b18-17+/t21-/m0/s1. The lowest BCUT2D eigenvalue weighted by Gasteiger charge is -2.22. The van der Waals surface area contributed by atoms with Gasteiger partial charge in [0.1, 0.15) is 5.60 Å². The molecular weight excluding hydrogens is 338 g/mol. The van der Waals surface area contributed by atoms with Gasteiger partial charge in [0.2, 0.25) is 0 Å². The minimum atomic E-state index is -0.519. The largest absolute Gasteiger partial charge is 0.444 e. The van der Waals surface area contributed by atoms with Crippen LogP contribution in [-0.2, 0) is 4.74 Å². The van der Waals surface area contributed by atoms with Gasteiger partial charge in [-0.25, -0.2) is 4.79 Å². The van der Waals surface area contributed by atoms with Gasteiger partial charge in [0, 0.05) is 0 Å². The van der Waals surface area contributed by atoms with Crippen molar-refractivity contribution in [1.29, 1.82) is 0 Å². The van der Waals surface area contributed by atoms with Gasteiger partial charge in [-0.3, -0.25) is 0 Å². The van der Waals surface area contributed by atoms with Crippen LogP contribution in [0.25, 0.3) is 0 Å². The Bertz CT molecular complexity index is 374. The fraction of sp³-hybridized carbons (Fsp3) is 0.870. The maximum Gasteiger partial charge on any atom is 0.407 e. The second kappa shape index (κ2) is 17.1. The molecular formula is C23H45NO3. The third-order valence-corrected chi connectivity index (χ3v) is 4.50. The van der Waals surface area contributed by atoms with Gasteiger partial charge >= 0.3 is 6.09 Å². The number of aliphatic hydroxyl groups excluding tert-OH is 1.